The molecule has 1 saturated heterocycles. The monoisotopic (exact) mass is 387 g/mol. The summed E-state index contributed by atoms with van der Waals surface area (Å²) in [5.74, 6) is 0.0215. The minimum atomic E-state index is 0.0215. The minimum Gasteiger partial charge on any atom is -0.361 e. The van der Waals surface area contributed by atoms with Crippen LogP contribution in [0.5, 0.6) is 0 Å². The third-order valence-corrected chi connectivity index (χ3v) is 6.36. The van der Waals surface area contributed by atoms with E-state index in [0.29, 0.717) is 23.2 Å². The highest BCUT2D eigenvalue weighted by atomic mass is 35.5. The van der Waals surface area contributed by atoms with Crippen LogP contribution in [-0.2, 0) is 6.54 Å². The number of hydrogen-bond acceptors (Lipinski definition) is 3. The molecule has 1 fully saturated rings. The molecular formula is C20H22ClN3OS. The number of fused-ring (bicyclic) bond motifs is 1. The molecule has 0 radical (unpaired) electrons. The van der Waals surface area contributed by atoms with Crippen LogP contribution in [0.3, 0.4) is 0 Å². The zero-order valence-corrected chi connectivity index (χ0v) is 16.5. The average molecular weight is 388 g/mol. The van der Waals surface area contributed by atoms with E-state index >= 15 is 0 Å². The van der Waals surface area contributed by atoms with Crippen LogP contribution in [0.1, 0.15) is 29.1 Å². The first kappa shape index (κ1) is 17.6. The van der Waals surface area contributed by atoms with Crippen LogP contribution in [0.15, 0.2) is 41.9 Å². The van der Waals surface area contributed by atoms with Gasteiger partial charge < -0.3 is 9.88 Å². The van der Waals surface area contributed by atoms with E-state index in [0.717, 1.165) is 24.0 Å². The number of rotatable bonds is 3. The van der Waals surface area contributed by atoms with E-state index in [1.807, 2.05) is 29.3 Å². The minimum absolute atomic E-state index is 0.0215. The number of carbonyl (C=O) groups excluding carboxylic acids is 1. The Balaban J connectivity index is 1.53. The number of nitrogens with one attached hydrogen (secondary N) is 1. The maximum absolute atomic E-state index is 13.2. The molecule has 136 valence electrons. The van der Waals surface area contributed by atoms with Gasteiger partial charge in [-0.3, -0.25) is 9.69 Å². The van der Waals surface area contributed by atoms with Crippen molar-refractivity contribution in [3.8, 4) is 0 Å². The zero-order chi connectivity index (χ0) is 18.3. The molecule has 1 aliphatic rings. The smallest absolute Gasteiger partial charge is 0.255 e. The van der Waals surface area contributed by atoms with E-state index in [1.165, 1.54) is 4.88 Å². The lowest BCUT2D eigenvalue weighted by Gasteiger charge is -2.44. The second-order valence-corrected chi connectivity index (χ2v) is 8.50. The maximum atomic E-state index is 13.2. The fraction of sp³-hybridized carbons (Fsp3) is 0.350. The van der Waals surface area contributed by atoms with Crippen molar-refractivity contribution in [2.75, 3.05) is 13.1 Å². The van der Waals surface area contributed by atoms with Crippen molar-refractivity contribution in [2.45, 2.75) is 32.5 Å². The molecule has 2 aromatic heterocycles. The molecule has 4 nitrogen and oxygen atoms in total. The number of hydrogen-bond donors (Lipinski definition) is 1. The lowest BCUT2D eigenvalue weighted by molar-refractivity contribution is 0.0294. The van der Waals surface area contributed by atoms with Crippen molar-refractivity contribution in [1.82, 2.24) is 14.8 Å². The molecule has 6 heteroatoms. The molecule has 3 heterocycles. The first-order valence-electron chi connectivity index (χ1n) is 8.87. The molecule has 0 spiro atoms. The number of thiophene rings is 1. The molecular weight excluding hydrogens is 366 g/mol. The van der Waals surface area contributed by atoms with Gasteiger partial charge in [0.1, 0.15) is 0 Å². The molecule has 1 N–H and O–H groups in total. The number of aromatic nitrogens is 1. The highest BCUT2D eigenvalue weighted by Gasteiger charge is 2.33. The van der Waals surface area contributed by atoms with Crippen molar-refractivity contribution in [1.29, 1.82) is 0 Å². The van der Waals surface area contributed by atoms with Gasteiger partial charge in [0, 0.05) is 53.7 Å². The molecule has 0 saturated carbocycles. The predicted octanol–water partition coefficient (Wildman–Crippen LogP) is 4.62. The molecule has 4 rings (SSSR count). The topological polar surface area (TPSA) is 39.3 Å². The number of halogens is 1. The number of H-pyrrole nitrogens is 1. The van der Waals surface area contributed by atoms with Crippen molar-refractivity contribution in [3.63, 3.8) is 0 Å². The third kappa shape index (κ3) is 3.27. The molecule has 0 aliphatic carbocycles. The van der Waals surface area contributed by atoms with Crippen LogP contribution in [-0.4, -0.2) is 45.9 Å². The largest absolute Gasteiger partial charge is 0.361 e. The van der Waals surface area contributed by atoms with Crippen LogP contribution >= 0.6 is 22.9 Å². The number of nitrogens with zero attached hydrogens (tertiary/aromatic N) is 2. The summed E-state index contributed by atoms with van der Waals surface area (Å²) >= 11 is 8.19. The highest BCUT2D eigenvalue weighted by molar-refractivity contribution is 7.09. The SMILES string of the molecule is C[C@@H]1CN(Cc2cccs2)[C@@H](C)CN1C(=O)c1cc2cc[nH]c2cc1Cl. The molecule has 0 bridgehead atoms. The lowest BCUT2D eigenvalue weighted by atomic mass is 10.0. The molecule has 26 heavy (non-hydrogen) atoms. The van der Waals surface area contributed by atoms with Crippen molar-refractivity contribution < 1.29 is 4.79 Å². The fourth-order valence-corrected chi connectivity index (χ4v) is 4.67. The summed E-state index contributed by atoms with van der Waals surface area (Å²) in [5, 5.41) is 3.63. The van der Waals surface area contributed by atoms with Gasteiger partial charge in [-0.1, -0.05) is 17.7 Å². The van der Waals surface area contributed by atoms with Gasteiger partial charge in [0.25, 0.3) is 5.91 Å². The summed E-state index contributed by atoms with van der Waals surface area (Å²) in [6.07, 6.45) is 1.86. The normalized spacial score (nSPS) is 21.4. The Morgan fingerprint density at radius 1 is 1.27 bits per heavy atom. The van der Waals surface area contributed by atoms with Crippen molar-refractivity contribution in [3.05, 3.63) is 57.4 Å². The Hall–Kier alpha value is -1.82. The zero-order valence-electron chi connectivity index (χ0n) is 14.9. The Kier molecular flexibility index (Phi) is 4.78. The fourth-order valence-electron chi connectivity index (χ4n) is 3.70. The lowest BCUT2D eigenvalue weighted by Crippen LogP contribution is -2.57. The second kappa shape index (κ2) is 7.06. The number of piperazine rings is 1. The van der Waals surface area contributed by atoms with Gasteiger partial charge in [0.2, 0.25) is 0 Å². The molecule has 1 aliphatic heterocycles. The molecule has 1 amide bonds. The summed E-state index contributed by atoms with van der Waals surface area (Å²) in [6.45, 7) is 6.84. The Morgan fingerprint density at radius 2 is 2.12 bits per heavy atom. The Labute approximate surface area is 162 Å². The van der Waals surface area contributed by atoms with Gasteiger partial charge in [-0.15, -0.1) is 11.3 Å². The summed E-state index contributed by atoms with van der Waals surface area (Å²) in [6, 6.07) is 10.4. The number of carbonyl (C=O) groups is 1. The Morgan fingerprint density at radius 3 is 2.88 bits per heavy atom. The first-order valence-corrected chi connectivity index (χ1v) is 10.1. The van der Waals surface area contributed by atoms with Gasteiger partial charge in [0.15, 0.2) is 0 Å². The van der Waals surface area contributed by atoms with Crippen LogP contribution in [0.2, 0.25) is 5.02 Å². The van der Waals surface area contributed by atoms with Gasteiger partial charge in [-0.25, -0.2) is 0 Å². The maximum Gasteiger partial charge on any atom is 0.255 e. The summed E-state index contributed by atoms with van der Waals surface area (Å²) in [5.41, 5.74) is 1.54. The van der Waals surface area contributed by atoms with Crippen molar-refractivity contribution in [2.24, 2.45) is 0 Å². The van der Waals surface area contributed by atoms with E-state index < -0.39 is 0 Å². The quantitative estimate of drug-likeness (QED) is 0.712. The van der Waals surface area contributed by atoms with Crippen molar-refractivity contribution >= 4 is 39.7 Å². The molecule has 0 unspecified atom stereocenters. The predicted molar refractivity (Wildman–Crippen MR) is 108 cm³/mol. The average Bonchev–Trinajstić information content (AvgIpc) is 3.27. The van der Waals surface area contributed by atoms with E-state index in [1.54, 1.807) is 11.3 Å². The molecule has 3 aromatic rings. The van der Waals surface area contributed by atoms with Gasteiger partial charge in [-0.2, -0.15) is 0 Å². The van der Waals surface area contributed by atoms with Crippen LogP contribution in [0.25, 0.3) is 10.9 Å². The van der Waals surface area contributed by atoms with Gasteiger partial charge in [0.05, 0.1) is 10.6 Å². The molecule has 2 atom stereocenters. The number of amides is 1. The first-order chi connectivity index (χ1) is 12.5. The Bertz CT molecular complexity index is 920. The summed E-state index contributed by atoms with van der Waals surface area (Å²) < 4.78 is 0. The van der Waals surface area contributed by atoms with Gasteiger partial charge in [-0.05, 0) is 43.5 Å². The molecule has 1 aromatic carbocycles. The number of benzene rings is 1. The summed E-state index contributed by atoms with van der Waals surface area (Å²) in [7, 11) is 0. The number of aromatic amines is 1. The van der Waals surface area contributed by atoms with E-state index in [9.17, 15) is 4.79 Å². The van der Waals surface area contributed by atoms with E-state index in [-0.39, 0.29) is 11.9 Å². The van der Waals surface area contributed by atoms with Gasteiger partial charge >= 0.3 is 0 Å². The van der Waals surface area contributed by atoms with Crippen LogP contribution in [0.4, 0.5) is 0 Å². The van der Waals surface area contributed by atoms with E-state index in [2.05, 4.69) is 41.2 Å². The van der Waals surface area contributed by atoms with Crippen LogP contribution < -0.4 is 0 Å². The van der Waals surface area contributed by atoms with Crippen LogP contribution in [0, 0.1) is 0 Å². The third-order valence-electron chi connectivity index (χ3n) is 5.19. The second-order valence-electron chi connectivity index (χ2n) is 7.06. The van der Waals surface area contributed by atoms with E-state index in [4.69, 9.17) is 11.6 Å². The standard InChI is InChI=1S/C20H22ClN3OS/c1-13-11-24(14(2)10-23(13)12-16-4-3-7-26-16)20(25)17-8-15-5-6-22-19(15)9-18(17)21/h3-9,13-14,22H,10-12H2,1-2H3/t13-,14+/m0/s1. The highest BCUT2D eigenvalue weighted by Crippen LogP contribution is 2.27. The summed E-state index contributed by atoms with van der Waals surface area (Å²) in [4.78, 5) is 22.1.